The van der Waals surface area contributed by atoms with Crippen LogP contribution in [0.15, 0.2) is 66.6 Å². The maximum absolute atomic E-state index is 8.53. The summed E-state index contributed by atoms with van der Waals surface area (Å²) in [6.07, 6.45) is 3.28. The molecule has 1 fully saturated rings. The Balaban J connectivity index is 1.81. The van der Waals surface area contributed by atoms with Crippen LogP contribution in [-0.2, 0) is 0 Å². The Kier molecular flexibility index (Phi) is 1.91. The summed E-state index contributed by atoms with van der Waals surface area (Å²) >= 11 is 0. The molecule has 1 heterocycles. The summed E-state index contributed by atoms with van der Waals surface area (Å²) in [5.41, 5.74) is 4.07. The predicted octanol–water partition coefficient (Wildman–Crippen LogP) is 6.42. The van der Waals surface area contributed by atoms with Crippen LogP contribution in [0.3, 0.4) is 0 Å². The maximum atomic E-state index is 8.53. The number of fused-ring (bicyclic) bond motifs is 9. The Morgan fingerprint density at radius 1 is 0.840 bits per heavy atom. The molecule has 0 radical (unpaired) electrons. The summed E-state index contributed by atoms with van der Waals surface area (Å²) in [5.74, 6) is 0.807. The highest BCUT2D eigenvalue weighted by Crippen LogP contribution is 2.57. The van der Waals surface area contributed by atoms with Crippen molar-refractivity contribution in [2.45, 2.75) is 31.1 Å². The Morgan fingerprint density at radius 2 is 1.64 bits per heavy atom. The molecule has 2 aliphatic carbocycles. The monoisotopic (exact) mass is 326 g/mol. The van der Waals surface area contributed by atoms with Gasteiger partial charge in [-0.2, -0.15) is 0 Å². The number of hydrogen-bond acceptors (Lipinski definition) is 1. The number of pyridine rings is 1. The highest BCUT2D eigenvalue weighted by atomic mass is 14.7. The molecule has 2 bridgehead atoms. The van der Waals surface area contributed by atoms with Crippen molar-refractivity contribution >= 4 is 21.7 Å². The van der Waals surface area contributed by atoms with E-state index in [0.717, 1.165) is 46.5 Å². The number of aromatic nitrogens is 1. The van der Waals surface area contributed by atoms with E-state index in [1.165, 1.54) is 5.56 Å². The normalized spacial score (nSPS) is 23.9. The summed E-state index contributed by atoms with van der Waals surface area (Å²) in [5, 5.41) is 3.27. The van der Waals surface area contributed by atoms with E-state index in [2.05, 4.69) is 24.3 Å². The Morgan fingerprint density at radius 3 is 2.52 bits per heavy atom. The standard InChI is InChI=1S/C24H19N/c1-2-7-16(8-3-1)23-22-18-11-10-17(14-18)21(22)20-13-12-15-6-4-5-9-19(15)24(20)25-23/h1-9,12-13,17-18H,10-11,14H2/i1D,2D,3D,7D,8D. The third-order valence-electron chi connectivity index (χ3n) is 5.95. The molecule has 1 nitrogen and oxygen atoms in total. The van der Waals surface area contributed by atoms with Gasteiger partial charge in [0.2, 0.25) is 0 Å². The fraction of sp³-hybridized carbons (Fsp3) is 0.208. The lowest BCUT2D eigenvalue weighted by Crippen LogP contribution is -2.04. The molecule has 0 spiro atoms. The lowest BCUT2D eigenvalue weighted by atomic mass is 9.85. The van der Waals surface area contributed by atoms with Crippen LogP contribution in [0.25, 0.3) is 32.9 Å². The van der Waals surface area contributed by atoms with Gasteiger partial charge >= 0.3 is 0 Å². The zero-order valence-corrected chi connectivity index (χ0v) is 13.7. The minimum Gasteiger partial charge on any atom is -0.247 e. The molecule has 1 aromatic heterocycles. The lowest BCUT2D eigenvalue weighted by molar-refractivity contribution is 0.720. The molecule has 0 N–H and O–H groups in total. The third kappa shape index (κ3) is 1.81. The first-order chi connectivity index (χ1) is 14.5. The van der Waals surface area contributed by atoms with E-state index >= 15 is 0 Å². The minimum atomic E-state index is -0.363. The molecule has 1 heteroatoms. The quantitative estimate of drug-likeness (QED) is 0.368. The van der Waals surface area contributed by atoms with E-state index in [1.807, 2.05) is 12.1 Å². The molecule has 0 saturated heterocycles. The van der Waals surface area contributed by atoms with Gasteiger partial charge in [0.25, 0.3) is 0 Å². The molecule has 1 saturated carbocycles. The van der Waals surface area contributed by atoms with Crippen molar-refractivity contribution in [3.05, 3.63) is 77.7 Å². The highest BCUT2D eigenvalue weighted by molar-refractivity contribution is 6.07. The van der Waals surface area contributed by atoms with Crippen LogP contribution >= 0.6 is 0 Å². The largest absolute Gasteiger partial charge is 0.247 e. The van der Waals surface area contributed by atoms with Crippen molar-refractivity contribution < 1.29 is 6.85 Å². The number of nitrogens with zero attached hydrogens (tertiary/aromatic N) is 1. The third-order valence-corrected chi connectivity index (χ3v) is 5.95. The second kappa shape index (κ2) is 4.92. The molecule has 120 valence electrons. The topological polar surface area (TPSA) is 12.9 Å². The molecule has 6 rings (SSSR count). The molecule has 4 aromatic rings. The SMILES string of the molecule is [2H]c1c([2H])c([2H])c(-c2nc3c(ccc4ccccc43)c3c2C2CCC3C2)c([2H])c1[2H]. The van der Waals surface area contributed by atoms with Crippen LogP contribution in [0.4, 0.5) is 0 Å². The summed E-state index contributed by atoms with van der Waals surface area (Å²) in [6.45, 7) is 0. The van der Waals surface area contributed by atoms with Gasteiger partial charge in [0, 0.05) is 16.3 Å². The Hall–Kier alpha value is -2.67. The second-order valence-corrected chi connectivity index (χ2v) is 7.18. The first-order valence-electron chi connectivity index (χ1n) is 11.4. The fourth-order valence-corrected chi connectivity index (χ4v) is 4.96. The second-order valence-electron chi connectivity index (χ2n) is 7.18. The van der Waals surface area contributed by atoms with Crippen molar-refractivity contribution in [2.75, 3.05) is 0 Å². The average molecular weight is 326 g/mol. The van der Waals surface area contributed by atoms with Gasteiger partial charge < -0.3 is 0 Å². The zero-order valence-electron chi connectivity index (χ0n) is 18.7. The van der Waals surface area contributed by atoms with Gasteiger partial charge in [-0.1, -0.05) is 66.6 Å². The van der Waals surface area contributed by atoms with Crippen LogP contribution in [0.5, 0.6) is 0 Å². The van der Waals surface area contributed by atoms with Crippen molar-refractivity contribution in [2.24, 2.45) is 0 Å². The molecule has 2 aliphatic rings. The summed E-state index contributed by atoms with van der Waals surface area (Å²) in [7, 11) is 0. The van der Waals surface area contributed by atoms with Gasteiger partial charge in [-0.25, -0.2) is 4.98 Å². The Bertz CT molecular complexity index is 1370. The molecule has 0 amide bonds. The van der Waals surface area contributed by atoms with E-state index in [9.17, 15) is 0 Å². The van der Waals surface area contributed by atoms with Gasteiger partial charge in [0.15, 0.2) is 0 Å². The van der Waals surface area contributed by atoms with E-state index in [-0.39, 0.29) is 35.8 Å². The first kappa shape index (κ1) is 9.72. The number of hydrogen-bond donors (Lipinski definition) is 0. The molecular formula is C24H19N. The van der Waals surface area contributed by atoms with Gasteiger partial charge in [-0.3, -0.25) is 0 Å². The van der Waals surface area contributed by atoms with Gasteiger partial charge in [0.05, 0.1) is 18.1 Å². The average Bonchev–Trinajstić information content (AvgIpc) is 3.39. The van der Waals surface area contributed by atoms with E-state index in [0.29, 0.717) is 17.5 Å². The molecule has 0 aliphatic heterocycles. The summed E-state index contributed by atoms with van der Waals surface area (Å²) in [4.78, 5) is 5.03. The van der Waals surface area contributed by atoms with E-state index in [4.69, 9.17) is 11.8 Å². The predicted molar refractivity (Wildman–Crippen MR) is 104 cm³/mol. The molecule has 3 aromatic carbocycles. The highest BCUT2D eigenvalue weighted by Gasteiger charge is 2.40. The van der Waals surface area contributed by atoms with Gasteiger partial charge in [-0.05, 0) is 47.6 Å². The van der Waals surface area contributed by atoms with Crippen LogP contribution in [0.1, 0.15) is 49.1 Å². The van der Waals surface area contributed by atoms with E-state index < -0.39 is 0 Å². The molecule has 2 unspecified atom stereocenters. The number of benzene rings is 3. The molecular weight excluding hydrogens is 302 g/mol. The summed E-state index contributed by atoms with van der Waals surface area (Å²) < 4.78 is 41.3. The zero-order chi connectivity index (χ0) is 20.7. The van der Waals surface area contributed by atoms with Gasteiger partial charge in [-0.15, -0.1) is 0 Å². The van der Waals surface area contributed by atoms with Crippen molar-refractivity contribution in [1.82, 2.24) is 4.98 Å². The van der Waals surface area contributed by atoms with Gasteiger partial charge in [0.1, 0.15) is 0 Å². The van der Waals surface area contributed by atoms with Crippen molar-refractivity contribution in [3.63, 3.8) is 0 Å². The summed E-state index contributed by atoms with van der Waals surface area (Å²) in [6, 6.07) is 11.1. The number of rotatable bonds is 1. The minimum absolute atomic E-state index is 0.168. The Labute approximate surface area is 154 Å². The van der Waals surface area contributed by atoms with E-state index in [1.54, 1.807) is 0 Å². The van der Waals surface area contributed by atoms with Crippen molar-refractivity contribution in [3.8, 4) is 11.3 Å². The maximum Gasteiger partial charge on any atom is 0.0790 e. The smallest absolute Gasteiger partial charge is 0.0790 e. The molecule has 25 heavy (non-hydrogen) atoms. The van der Waals surface area contributed by atoms with Crippen LogP contribution in [0, 0.1) is 0 Å². The van der Waals surface area contributed by atoms with Crippen LogP contribution < -0.4 is 0 Å². The lowest BCUT2D eigenvalue weighted by Gasteiger charge is -2.21. The first-order valence-corrected chi connectivity index (χ1v) is 8.90. The van der Waals surface area contributed by atoms with Crippen LogP contribution in [0.2, 0.25) is 0 Å². The molecule has 2 atom stereocenters. The fourth-order valence-electron chi connectivity index (χ4n) is 4.96. The van der Waals surface area contributed by atoms with Crippen molar-refractivity contribution in [1.29, 1.82) is 0 Å². The van der Waals surface area contributed by atoms with Crippen LogP contribution in [-0.4, -0.2) is 4.98 Å².